The molecule has 1 fully saturated rings. The molecule has 1 heterocycles. The molecule has 2 atom stereocenters. The SMILES string of the molecule is C[C@@H](Cc1cccc(C(F)(F)F)c1)N[C@H]1CCCCNC1=O. The van der Waals surface area contributed by atoms with E-state index in [0.29, 0.717) is 18.5 Å². The Hall–Kier alpha value is -1.56. The molecule has 22 heavy (non-hydrogen) atoms. The van der Waals surface area contributed by atoms with Crippen LogP contribution in [0.25, 0.3) is 0 Å². The number of benzene rings is 1. The van der Waals surface area contributed by atoms with Crippen molar-refractivity contribution >= 4 is 5.91 Å². The molecule has 1 amide bonds. The van der Waals surface area contributed by atoms with Crippen LogP contribution in [0, 0.1) is 0 Å². The minimum Gasteiger partial charge on any atom is -0.355 e. The van der Waals surface area contributed by atoms with Crippen LogP contribution in [0.3, 0.4) is 0 Å². The number of alkyl halides is 3. The van der Waals surface area contributed by atoms with Gasteiger partial charge in [0.1, 0.15) is 0 Å². The molecule has 0 unspecified atom stereocenters. The van der Waals surface area contributed by atoms with E-state index in [1.807, 2.05) is 6.92 Å². The summed E-state index contributed by atoms with van der Waals surface area (Å²) in [5.41, 5.74) is -0.0201. The van der Waals surface area contributed by atoms with Crippen molar-refractivity contribution in [1.29, 1.82) is 0 Å². The molecule has 1 aromatic rings. The smallest absolute Gasteiger partial charge is 0.355 e. The summed E-state index contributed by atoms with van der Waals surface area (Å²) in [5, 5.41) is 6.06. The van der Waals surface area contributed by atoms with Crippen molar-refractivity contribution in [3.8, 4) is 0 Å². The van der Waals surface area contributed by atoms with E-state index in [1.54, 1.807) is 6.07 Å². The molecule has 2 N–H and O–H groups in total. The lowest BCUT2D eigenvalue weighted by Crippen LogP contribution is -2.47. The van der Waals surface area contributed by atoms with Gasteiger partial charge in [0.2, 0.25) is 5.91 Å². The lowest BCUT2D eigenvalue weighted by molar-refractivity contribution is -0.137. The van der Waals surface area contributed by atoms with Crippen LogP contribution in [-0.2, 0) is 17.4 Å². The Morgan fingerprint density at radius 3 is 2.86 bits per heavy atom. The topological polar surface area (TPSA) is 41.1 Å². The van der Waals surface area contributed by atoms with Crippen LogP contribution >= 0.6 is 0 Å². The van der Waals surface area contributed by atoms with Gasteiger partial charge in [0.25, 0.3) is 0 Å². The minimum absolute atomic E-state index is 0.0200. The van der Waals surface area contributed by atoms with Crippen molar-refractivity contribution in [2.45, 2.75) is 50.9 Å². The predicted molar refractivity (Wildman–Crippen MR) is 78.4 cm³/mol. The van der Waals surface area contributed by atoms with Gasteiger partial charge in [-0.3, -0.25) is 4.79 Å². The Morgan fingerprint density at radius 2 is 2.14 bits per heavy atom. The zero-order chi connectivity index (χ0) is 16.2. The second kappa shape index (κ2) is 7.13. The Kier molecular flexibility index (Phi) is 5.45. The Morgan fingerprint density at radius 1 is 1.36 bits per heavy atom. The van der Waals surface area contributed by atoms with Crippen molar-refractivity contribution in [1.82, 2.24) is 10.6 Å². The molecular formula is C16H21F3N2O. The van der Waals surface area contributed by atoms with Gasteiger partial charge < -0.3 is 10.6 Å². The zero-order valence-corrected chi connectivity index (χ0v) is 12.5. The zero-order valence-electron chi connectivity index (χ0n) is 12.5. The van der Waals surface area contributed by atoms with Crippen molar-refractivity contribution < 1.29 is 18.0 Å². The average molecular weight is 314 g/mol. The maximum Gasteiger partial charge on any atom is 0.416 e. The Labute approximate surface area is 128 Å². The monoisotopic (exact) mass is 314 g/mol. The number of carbonyl (C=O) groups is 1. The Balaban J connectivity index is 1.96. The van der Waals surface area contributed by atoms with Crippen LogP contribution in [0.15, 0.2) is 24.3 Å². The van der Waals surface area contributed by atoms with Crippen LogP contribution in [0.5, 0.6) is 0 Å². The van der Waals surface area contributed by atoms with Crippen LogP contribution in [0.2, 0.25) is 0 Å². The van der Waals surface area contributed by atoms with Gasteiger partial charge in [-0.2, -0.15) is 13.2 Å². The van der Waals surface area contributed by atoms with E-state index in [4.69, 9.17) is 0 Å². The van der Waals surface area contributed by atoms with Crippen molar-refractivity contribution in [2.75, 3.05) is 6.54 Å². The molecule has 0 spiro atoms. The summed E-state index contributed by atoms with van der Waals surface area (Å²) >= 11 is 0. The highest BCUT2D eigenvalue weighted by Gasteiger charge is 2.30. The molecule has 1 saturated heterocycles. The second-order valence-corrected chi connectivity index (χ2v) is 5.81. The number of hydrogen-bond donors (Lipinski definition) is 2. The highest BCUT2D eigenvalue weighted by Crippen LogP contribution is 2.29. The highest BCUT2D eigenvalue weighted by molar-refractivity contribution is 5.81. The molecule has 1 aliphatic rings. The molecule has 0 bridgehead atoms. The van der Waals surface area contributed by atoms with E-state index in [-0.39, 0.29) is 18.0 Å². The van der Waals surface area contributed by atoms with Crippen LogP contribution in [-0.4, -0.2) is 24.5 Å². The average Bonchev–Trinajstić information content (AvgIpc) is 2.63. The van der Waals surface area contributed by atoms with Crippen LogP contribution in [0.1, 0.15) is 37.3 Å². The molecule has 1 aromatic carbocycles. The second-order valence-electron chi connectivity index (χ2n) is 5.81. The van der Waals surface area contributed by atoms with E-state index in [0.717, 1.165) is 25.3 Å². The number of halogens is 3. The summed E-state index contributed by atoms with van der Waals surface area (Å²) in [7, 11) is 0. The van der Waals surface area contributed by atoms with Gasteiger partial charge in [0.15, 0.2) is 0 Å². The summed E-state index contributed by atoms with van der Waals surface area (Å²) in [4.78, 5) is 11.9. The molecule has 0 aliphatic carbocycles. The predicted octanol–water partition coefficient (Wildman–Crippen LogP) is 2.89. The third-order valence-electron chi connectivity index (χ3n) is 3.82. The number of carbonyl (C=O) groups excluding carboxylic acids is 1. The largest absolute Gasteiger partial charge is 0.416 e. The fourth-order valence-corrected chi connectivity index (χ4v) is 2.73. The first kappa shape index (κ1) is 16.8. The first-order valence-corrected chi connectivity index (χ1v) is 7.56. The third kappa shape index (κ3) is 4.73. The van der Waals surface area contributed by atoms with E-state index in [1.165, 1.54) is 12.1 Å². The summed E-state index contributed by atoms with van der Waals surface area (Å²) in [5.74, 6) is -0.0200. The number of hydrogen-bond acceptors (Lipinski definition) is 2. The number of rotatable bonds is 4. The summed E-state index contributed by atoms with van der Waals surface area (Å²) < 4.78 is 38.1. The van der Waals surface area contributed by atoms with Gasteiger partial charge in [0, 0.05) is 12.6 Å². The van der Waals surface area contributed by atoms with E-state index in [9.17, 15) is 18.0 Å². The normalized spacial score (nSPS) is 21.1. The molecule has 0 aromatic heterocycles. The highest BCUT2D eigenvalue weighted by atomic mass is 19.4. The van der Waals surface area contributed by atoms with Crippen LogP contribution in [0.4, 0.5) is 13.2 Å². The van der Waals surface area contributed by atoms with E-state index < -0.39 is 11.7 Å². The van der Waals surface area contributed by atoms with Crippen molar-refractivity contribution in [3.63, 3.8) is 0 Å². The molecule has 122 valence electrons. The third-order valence-corrected chi connectivity index (χ3v) is 3.82. The van der Waals surface area contributed by atoms with Crippen molar-refractivity contribution in [2.24, 2.45) is 0 Å². The van der Waals surface area contributed by atoms with E-state index in [2.05, 4.69) is 10.6 Å². The lowest BCUT2D eigenvalue weighted by Gasteiger charge is -2.21. The summed E-state index contributed by atoms with van der Waals surface area (Å²) in [6, 6.07) is 5.01. The Bertz CT molecular complexity index is 516. The lowest BCUT2D eigenvalue weighted by atomic mass is 10.0. The van der Waals surface area contributed by atoms with Gasteiger partial charge in [-0.1, -0.05) is 18.2 Å². The standard InChI is InChI=1S/C16H21F3N2O/c1-11(21-14-7-2-3-8-20-15(14)22)9-12-5-4-6-13(10-12)16(17,18)19/h4-6,10-11,14,21H,2-3,7-9H2,1H3,(H,20,22)/t11-,14-/m0/s1. The molecule has 3 nitrogen and oxygen atoms in total. The first-order valence-electron chi connectivity index (χ1n) is 7.56. The van der Waals surface area contributed by atoms with Gasteiger partial charge in [-0.05, 0) is 44.2 Å². The molecule has 0 radical (unpaired) electrons. The summed E-state index contributed by atoms with van der Waals surface area (Å²) in [6.45, 7) is 2.58. The molecule has 0 saturated carbocycles. The number of nitrogens with one attached hydrogen (secondary N) is 2. The molecular weight excluding hydrogens is 293 g/mol. The minimum atomic E-state index is -4.33. The maximum absolute atomic E-state index is 12.7. The van der Waals surface area contributed by atoms with Crippen LogP contribution < -0.4 is 10.6 Å². The quantitative estimate of drug-likeness (QED) is 0.897. The maximum atomic E-state index is 12.7. The van der Waals surface area contributed by atoms with E-state index >= 15 is 0 Å². The summed E-state index contributed by atoms with van der Waals surface area (Å²) in [6.07, 6.45) is -1.18. The number of amides is 1. The fourth-order valence-electron chi connectivity index (χ4n) is 2.73. The molecule has 6 heteroatoms. The van der Waals surface area contributed by atoms with Gasteiger partial charge >= 0.3 is 6.18 Å². The van der Waals surface area contributed by atoms with Gasteiger partial charge in [-0.25, -0.2) is 0 Å². The molecule has 1 aliphatic heterocycles. The fraction of sp³-hybridized carbons (Fsp3) is 0.562. The van der Waals surface area contributed by atoms with Crippen molar-refractivity contribution in [3.05, 3.63) is 35.4 Å². The first-order chi connectivity index (χ1) is 10.4. The molecule has 2 rings (SSSR count). The van der Waals surface area contributed by atoms with Gasteiger partial charge in [0.05, 0.1) is 11.6 Å². The van der Waals surface area contributed by atoms with Gasteiger partial charge in [-0.15, -0.1) is 0 Å².